The summed E-state index contributed by atoms with van der Waals surface area (Å²) in [4.78, 5) is 27.2. The molecule has 6 nitrogen and oxygen atoms in total. The highest BCUT2D eigenvalue weighted by atomic mass is 16.2. The minimum atomic E-state index is -0.202. The van der Waals surface area contributed by atoms with Crippen LogP contribution in [0.1, 0.15) is 78.0 Å². The van der Waals surface area contributed by atoms with Gasteiger partial charge in [0.15, 0.2) is 0 Å². The zero-order valence-electron chi connectivity index (χ0n) is 20.0. The van der Waals surface area contributed by atoms with Crippen molar-refractivity contribution in [1.29, 1.82) is 0 Å². The van der Waals surface area contributed by atoms with Gasteiger partial charge < -0.3 is 10.2 Å². The van der Waals surface area contributed by atoms with Gasteiger partial charge in [0.1, 0.15) is 5.82 Å². The number of hydrogen-bond donors (Lipinski definition) is 1. The van der Waals surface area contributed by atoms with E-state index in [0.717, 1.165) is 42.6 Å². The first-order chi connectivity index (χ1) is 14.7. The number of amides is 2. The van der Waals surface area contributed by atoms with Crippen molar-refractivity contribution in [3.63, 3.8) is 0 Å². The summed E-state index contributed by atoms with van der Waals surface area (Å²) in [5.41, 5.74) is 2.75. The first-order valence-corrected chi connectivity index (χ1v) is 11.4. The summed E-state index contributed by atoms with van der Waals surface area (Å²) >= 11 is 0. The van der Waals surface area contributed by atoms with Gasteiger partial charge in [0.25, 0.3) is 0 Å². The van der Waals surface area contributed by atoms with Crippen molar-refractivity contribution in [3.8, 4) is 5.69 Å². The predicted octanol–water partition coefficient (Wildman–Crippen LogP) is 5.24. The van der Waals surface area contributed by atoms with Crippen LogP contribution in [-0.2, 0) is 15.0 Å². The number of aromatic nitrogens is 2. The van der Waals surface area contributed by atoms with Crippen molar-refractivity contribution >= 4 is 17.6 Å². The van der Waals surface area contributed by atoms with Crippen LogP contribution in [0.25, 0.3) is 5.69 Å². The molecule has 1 aromatic carbocycles. The Kier molecular flexibility index (Phi) is 8.84. The van der Waals surface area contributed by atoms with Gasteiger partial charge in [-0.05, 0) is 37.5 Å². The van der Waals surface area contributed by atoms with Gasteiger partial charge in [-0.2, -0.15) is 5.10 Å². The topological polar surface area (TPSA) is 67.2 Å². The van der Waals surface area contributed by atoms with E-state index in [2.05, 4.69) is 33.0 Å². The second-order valence-corrected chi connectivity index (χ2v) is 9.24. The third kappa shape index (κ3) is 7.23. The zero-order chi connectivity index (χ0) is 23.0. The molecule has 2 amide bonds. The fraction of sp³-hybridized carbons (Fsp3) is 0.560. The van der Waals surface area contributed by atoms with Crippen LogP contribution in [0.5, 0.6) is 0 Å². The lowest BCUT2D eigenvalue weighted by atomic mass is 9.92. The van der Waals surface area contributed by atoms with Crippen molar-refractivity contribution in [3.05, 3.63) is 41.6 Å². The Balaban J connectivity index is 2.22. The van der Waals surface area contributed by atoms with Crippen LogP contribution in [0.3, 0.4) is 0 Å². The van der Waals surface area contributed by atoms with Gasteiger partial charge >= 0.3 is 0 Å². The third-order valence-corrected chi connectivity index (χ3v) is 5.17. The Morgan fingerprint density at radius 3 is 2.45 bits per heavy atom. The minimum Gasteiger partial charge on any atom is -0.333 e. The van der Waals surface area contributed by atoms with Crippen molar-refractivity contribution in [2.24, 2.45) is 0 Å². The van der Waals surface area contributed by atoms with Crippen molar-refractivity contribution in [2.75, 3.05) is 18.4 Å². The number of nitrogens with one attached hydrogen (secondary N) is 1. The molecule has 0 aliphatic rings. The fourth-order valence-electron chi connectivity index (χ4n) is 3.40. The number of rotatable bonds is 10. The maximum Gasteiger partial charge on any atom is 0.245 e. The molecule has 0 aliphatic heterocycles. The molecule has 1 N–H and O–H groups in total. The molecule has 0 spiro atoms. The van der Waals surface area contributed by atoms with Gasteiger partial charge in [-0.1, -0.05) is 59.6 Å². The third-order valence-electron chi connectivity index (χ3n) is 5.17. The lowest BCUT2D eigenvalue weighted by molar-refractivity contribution is -0.134. The smallest absolute Gasteiger partial charge is 0.245 e. The number of unbranched alkanes of at least 4 members (excludes halogenated alkanes) is 2. The average molecular weight is 427 g/mol. The van der Waals surface area contributed by atoms with Crippen LogP contribution in [0.2, 0.25) is 0 Å². The van der Waals surface area contributed by atoms with Crippen LogP contribution in [-0.4, -0.2) is 39.6 Å². The highest BCUT2D eigenvalue weighted by molar-refractivity contribution is 5.94. The van der Waals surface area contributed by atoms with E-state index < -0.39 is 0 Å². The summed E-state index contributed by atoms with van der Waals surface area (Å²) < 4.78 is 1.78. The minimum absolute atomic E-state index is 0.0491. The summed E-state index contributed by atoms with van der Waals surface area (Å²) in [6.07, 6.45) is 4.29. The molecule has 1 aromatic heterocycles. The molecule has 0 aliphatic carbocycles. The molecular formula is C25H38N4O2. The molecule has 31 heavy (non-hydrogen) atoms. The molecule has 170 valence electrons. The molecule has 0 fully saturated rings. The van der Waals surface area contributed by atoms with Gasteiger partial charge in [-0.15, -0.1) is 0 Å². The number of carbonyl (C=O) groups excluding carboxylic acids is 2. The second-order valence-electron chi connectivity index (χ2n) is 9.24. The molecule has 0 bridgehead atoms. The van der Waals surface area contributed by atoms with Crippen molar-refractivity contribution in [1.82, 2.24) is 14.7 Å². The highest BCUT2D eigenvalue weighted by Crippen LogP contribution is 2.26. The number of nitrogens with zero attached hydrogens (tertiary/aromatic N) is 3. The number of benzene rings is 1. The maximum atomic E-state index is 12.9. The maximum absolute atomic E-state index is 12.9. The molecule has 1 heterocycles. The number of aryl methyl sites for hydroxylation is 1. The first kappa shape index (κ1) is 24.6. The van der Waals surface area contributed by atoms with E-state index >= 15 is 0 Å². The normalized spacial score (nSPS) is 11.4. The van der Waals surface area contributed by atoms with Crippen LogP contribution in [0, 0.1) is 6.92 Å². The fourth-order valence-corrected chi connectivity index (χ4v) is 3.40. The zero-order valence-corrected chi connectivity index (χ0v) is 20.0. The number of anilines is 1. The van der Waals surface area contributed by atoms with Gasteiger partial charge in [-0.3, -0.25) is 9.59 Å². The van der Waals surface area contributed by atoms with Gasteiger partial charge in [0.2, 0.25) is 11.8 Å². The Morgan fingerprint density at radius 1 is 1.10 bits per heavy atom. The van der Waals surface area contributed by atoms with Crippen LogP contribution in [0.15, 0.2) is 30.3 Å². The number of hydrogen-bond acceptors (Lipinski definition) is 3. The SMILES string of the molecule is CCCCCC(=O)N(CCC)CC(=O)Nc1cc(C(C)(C)C)nn1-c1cccc(C)c1. The number of carbonyl (C=O) groups is 2. The molecule has 2 aromatic rings. The molecule has 0 saturated carbocycles. The van der Waals surface area contributed by atoms with E-state index in [-0.39, 0.29) is 23.8 Å². The molecule has 0 unspecified atom stereocenters. The Hall–Kier alpha value is -2.63. The summed E-state index contributed by atoms with van der Waals surface area (Å²) in [6.45, 7) is 13.1. The van der Waals surface area contributed by atoms with E-state index in [1.54, 1.807) is 9.58 Å². The van der Waals surface area contributed by atoms with Gasteiger partial charge in [-0.25, -0.2) is 4.68 Å². The molecule has 2 rings (SSSR count). The highest BCUT2D eigenvalue weighted by Gasteiger charge is 2.23. The quantitative estimate of drug-likeness (QED) is 0.529. The second kappa shape index (κ2) is 11.1. The van der Waals surface area contributed by atoms with Crippen LogP contribution in [0.4, 0.5) is 5.82 Å². The summed E-state index contributed by atoms with van der Waals surface area (Å²) in [5, 5.41) is 7.77. The molecule has 0 atom stereocenters. The standard InChI is InChI=1S/C25H38N4O2/c1-7-9-10-14-24(31)28(15-8-2)18-23(30)26-22-17-21(25(4,5)6)27-29(22)20-13-11-12-19(3)16-20/h11-13,16-17H,7-10,14-15,18H2,1-6H3,(H,26,30). The van der Waals surface area contributed by atoms with Gasteiger partial charge in [0.05, 0.1) is 17.9 Å². The van der Waals surface area contributed by atoms with Crippen LogP contribution >= 0.6 is 0 Å². The monoisotopic (exact) mass is 426 g/mol. The lowest BCUT2D eigenvalue weighted by Crippen LogP contribution is -2.38. The largest absolute Gasteiger partial charge is 0.333 e. The first-order valence-electron chi connectivity index (χ1n) is 11.4. The Morgan fingerprint density at radius 2 is 1.84 bits per heavy atom. The van der Waals surface area contributed by atoms with E-state index in [9.17, 15) is 9.59 Å². The molecule has 6 heteroatoms. The van der Waals surface area contributed by atoms with E-state index in [4.69, 9.17) is 5.10 Å². The van der Waals surface area contributed by atoms with Crippen LogP contribution < -0.4 is 5.32 Å². The van der Waals surface area contributed by atoms with Gasteiger partial charge in [0, 0.05) is 24.4 Å². The molecule has 0 saturated heterocycles. The lowest BCUT2D eigenvalue weighted by Gasteiger charge is -2.21. The van der Waals surface area contributed by atoms with E-state index in [1.165, 1.54) is 0 Å². The summed E-state index contributed by atoms with van der Waals surface area (Å²) in [5.74, 6) is 0.468. The predicted molar refractivity (Wildman–Crippen MR) is 127 cm³/mol. The summed E-state index contributed by atoms with van der Waals surface area (Å²) in [7, 11) is 0. The molecular weight excluding hydrogens is 388 g/mol. The van der Waals surface area contributed by atoms with Crippen molar-refractivity contribution < 1.29 is 9.59 Å². The summed E-state index contributed by atoms with van der Waals surface area (Å²) in [6, 6.07) is 9.95. The Bertz CT molecular complexity index is 880. The molecule has 0 radical (unpaired) electrons. The van der Waals surface area contributed by atoms with E-state index in [0.29, 0.717) is 18.8 Å². The Labute approximate surface area is 187 Å². The average Bonchev–Trinajstić information content (AvgIpc) is 3.12. The van der Waals surface area contributed by atoms with E-state index in [1.807, 2.05) is 44.2 Å². The van der Waals surface area contributed by atoms with Crippen molar-refractivity contribution in [2.45, 2.75) is 79.1 Å².